The normalized spacial score (nSPS) is 25.9. The zero-order valence-corrected chi connectivity index (χ0v) is 13.7. The first-order valence-electron chi connectivity index (χ1n) is 8.32. The Morgan fingerprint density at radius 3 is 2.64 bits per heavy atom. The van der Waals surface area contributed by atoms with Crippen molar-refractivity contribution < 1.29 is 4.79 Å². The quantitative estimate of drug-likeness (QED) is 0.846. The van der Waals surface area contributed by atoms with Crippen LogP contribution < -0.4 is 0 Å². The molecule has 3 heterocycles. The average molecular weight is 301 g/mol. The molecule has 2 atom stereocenters. The van der Waals surface area contributed by atoms with Gasteiger partial charge in [0.05, 0.1) is 6.54 Å². The van der Waals surface area contributed by atoms with Gasteiger partial charge in [0.2, 0.25) is 5.91 Å². The van der Waals surface area contributed by atoms with Crippen molar-refractivity contribution in [2.45, 2.75) is 25.4 Å². The predicted molar refractivity (Wildman–Crippen MR) is 88.5 cm³/mol. The van der Waals surface area contributed by atoms with Crippen molar-refractivity contribution in [3.05, 3.63) is 35.9 Å². The molecule has 0 aliphatic carbocycles. The first kappa shape index (κ1) is 15.5. The topological polar surface area (TPSA) is 26.8 Å². The molecule has 4 heteroatoms. The molecule has 2 bridgehead atoms. The fourth-order valence-electron chi connectivity index (χ4n) is 3.76. The van der Waals surface area contributed by atoms with Gasteiger partial charge in [-0.25, -0.2) is 0 Å². The molecule has 0 spiro atoms. The molecule has 3 aliphatic heterocycles. The molecule has 0 saturated carbocycles. The Bertz CT molecular complexity index is 502. The molecule has 1 amide bonds. The molecule has 22 heavy (non-hydrogen) atoms. The summed E-state index contributed by atoms with van der Waals surface area (Å²) in [5.74, 6) is 0.930. The predicted octanol–water partition coefficient (Wildman–Crippen LogP) is 1.67. The van der Waals surface area contributed by atoms with Gasteiger partial charge in [-0.1, -0.05) is 30.3 Å². The van der Waals surface area contributed by atoms with Crippen LogP contribution in [0.5, 0.6) is 0 Å². The third-order valence-electron chi connectivity index (χ3n) is 4.99. The van der Waals surface area contributed by atoms with E-state index in [0.29, 0.717) is 18.5 Å². The summed E-state index contributed by atoms with van der Waals surface area (Å²) in [5.41, 5.74) is 1.39. The van der Waals surface area contributed by atoms with E-state index in [0.717, 1.165) is 26.2 Å². The Morgan fingerprint density at radius 1 is 1.14 bits per heavy atom. The number of piperidine rings is 1. The highest BCUT2D eigenvalue weighted by atomic mass is 16.2. The molecule has 4 nitrogen and oxygen atoms in total. The second kappa shape index (κ2) is 6.80. The van der Waals surface area contributed by atoms with Crippen molar-refractivity contribution in [1.29, 1.82) is 0 Å². The second-order valence-electron chi connectivity index (χ2n) is 6.99. The highest BCUT2D eigenvalue weighted by Crippen LogP contribution is 2.28. The number of benzene rings is 1. The first-order valence-corrected chi connectivity index (χ1v) is 8.32. The van der Waals surface area contributed by atoms with Crippen LogP contribution in [-0.4, -0.2) is 66.9 Å². The van der Waals surface area contributed by atoms with Gasteiger partial charge in [-0.15, -0.1) is 0 Å². The maximum Gasteiger partial charge on any atom is 0.236 e. The summed E-state index contributed by atoms with van der Waals surface area (Å²) in [6.07, 6.45) is 2.54. The molecule has 1 aromatic rings. The van der Waals surface area contributed by atoms with E-state index in [2.05, 4.69) is 40.1 Å². The van der Waals surface area contributed by atoms with Crippen LogP contribution in [0.4, 0.5) is 0 Å². The van der Waals surface area contributed by atoms with Gasteiger partial charge in [0.15, 0.2) is 0 Å². The van der Waals surface area contributed by atoms with Crippen LogP contribution in [0.25, 0.3) is 0 Å². The summed E-state index contributed by atoms with van der Waals surface area (Å²) in [5, 5.41) is 0. The zero-order valence-electron chi connectivity index (χ0n) is 13.7. The van der Waals surface area contributed by atoms with E-state index in [1.807, 2.05) is 14.1 Å². The van der Waals surface area contributed by atoms with E-state index in [1.165, 1.54) is 18.4 Å². The number of hydrogen-bond acceptors (Lipinski definition) is 3. The Labute approximate surface area is 133 Å². The minimum Gasteiger partial charge on any atom is -0.348 e. The van der Waals surface area contributed by atoms with Gasteiger partial charge < -0.3 is 4.90 Å². The lowest BCUT2D eigenvalue weighted by molar-refractivity contribution is -0.130. The number of hydrogen-bond donors (Lipinski definition) is 0. The summed E-state index contributed by atoms with van der Waals surface area (Å²) in [4.78, 5) is 18.8. The van der Waals surface area contributed by atoms with Gasteiger partial charge in [0, 0.05) is 46.3 Å². The lowest BCUT2D eigenvalue weighted by Gasteiger charge is -2.36. The molecule has 3 aliphatic rings. The highest BCUT2D eigenvalue weighted by Gasteiger charge is 2.35. The van der Waals surface area contributed by atoms with E-state index >= 15 is 0 Å². The summed E-state index contributed by atoms with van der Waals surface area (Å²) in [6.45, 7) is 4.94. The van der Waals surface area contributed by atoms with E-state index in [-0.39, 0.29) is 5.91 Å². The van der Waals surface area contributed by atoms with Gasteiger partial charge in [0.1, 0.15) is 0 Å². The Kier molecular flexibility index (Phi) is 4.79. The summed E-state index contributed by atoms with van der Waals surface area (Å²) in [6, 6.07) is 11.3. The molecule has 1 aromatic carbocycles. The average Bonchev–Trinajstić information content (AvgIpc) is 2.78. The fraction of sp³-hybridized carbons (Fsp3) is 0.611. The van der Waals surface area contributed by atoms with Crippen LogP contribution in [0.2, 0.25) is 0 Å². The van der Waals surface area contributed by atoms with Crippen molar-refractivity contribution in [2.24, 2.45) is 5.92 Å². The molecular weight excluding hydrogens is 274 g/mol. The van der Waals surface area contributed by atoms with Crippen molar-refractivity contribution in [2.75, 3.05) is 40.3 Å². The summed E-state index contributed by atoms with van der Waals surface area (Å²) < 4.78 is 0. The fourth-order valence-corrected chi connectivity index (χ4v) is 3.76. The number of likely N-dealkylation sites (N-methyl/N-ethyl adjacent to an activating group) is 1. The minimum atomic E-state index is 0.224. The number of rotatable bonds is 4. The summed E-state index contributed by atoms with van der Waals surface area (Å²) >= 11 is 0. The smallest absolute Gasteiger partial charge is 0.236 e. The molecule has 3 fully saturated rings. The molecule has 3 saturated heterocycles. The third-order valence-corrected chi connectivity index (χ3v) is 4.99. The third kappa shape index (κ3) is 3.68. The minimum absolute atomic E-state index is 0.224. The van der Waals surface area contributed by atoms with Crippen molar-refractivity contribution in [3.8, 4) is 0 Å². The first-order chi connectivity index (χ1) is 10.6. The highest BCUT2D eigenvalue weighted by molar-refractivity contribution is 5.77. The summed E-state index contributed by atoms with van der Waals surface area (Å²) in [7, 11) is 3.69. The van der Waals surface area contributed by atoms with Gasteiger partial charge >= 0.3 is 0 Å². The SMILES string of the molecule is CN(C)C(=O)CN1C[C@H]2CC[C@@H]1CN(Cc1ccccc1)C2. The van der Waals surface area contributed by atoms with Crippen LogP contribution in [0.1, 0.15) is 18.4 Å². The van der Waals surface area contributed by atoms with Gasteiger partial charge in [0.25, 0.3) is 0 Å². The maximum atomic E-state index is 12.0. The van der Waals surface area contributed by atoms with Crippen LogP contribution in [0, 0.1) is 5.92 Å². The molecule has 120 valence electrons. The van der Waals surface area contributed by atoms with E-state index < -0.39 is 0 Å². The maximum absolute atomic E-state index is 12.0. The standard InChI is InChI=1S/C18H27N3O/c1-19(2)18(22)14-21-12-16-8-9-17(21)13-20(11-16)10-15-6-4-3-5-7-15/h3-7,16-17H,8-14H2,1-2H3/t16-,17+/m0/s1. The Hall–Kier alpha value is -1.39. The molecule has 0 unspecified atom stereocenters. The Balaban J connectivity index is 1.64. The lowest BCUT2D eigenvalue weighted by Crippen LogP contribution is -2.48. The lowest BCUT2D eigenvalue weighted by atomic mass is 9.95. The molecule has 0 N–H and O–H groups in total. The van der Waals surface area contributed by atoms with Crippen molar-refractivity contribution in [3.63, 3.8) is 0 Å². The van der Waals surface area contributed by atoms with Crippen LogP contribution >= 0.6 is 0 Å². The number of carbonyl (C=O) groups is 1. The number of amides is 1. The number of fused-ring (bicyclic) bond motifs is 4. The number of carbonyl (C=O) groups excluding carboxylic acids is 1. The van der Waals surface area contributed by atoms with Gasteiger partial charge in [-0.3, -0.25) is 14.6 Å². The monoisotopic (exact) mass is 301 g/mol. The number of nitrogens with zero attached hydrogens (tertiary/aromatic N) is 3. The van der Waals surface area contributed by atoms with Crippen LogP contribution in [0.15, 0.2) is 30.3 Å². The zero-order chi connectivity index (χ0) is 15.5. The van der Waals surface area contributed by atoms with E-state index in [1.54, 1.807) is 4.90 Å². The molecule has 4 rings (SSSR count). The van der Waals surface area contributed by atoms with Crippen LogP contribution in [-0.2, 0) is 11.3 Å². The Morgan fingerprint density at radius 2 is 1.91 bits per heavy atom. The van der Waals surface area contributed by atoms with Gasteiger partial charge in [-0.05, 0) is 24.3 Å². The van der Waals surface area contributed by atoms with Crippen molar-refractivity contribution >= 4 is 5.91 Å². The van der Waals surface area contributed by atoms with E-state index in [9.17, 15) is 4.79 Å². The molecular formula is C18H27N3O. The molecule has 0 aromatic heterocycles. The van der Waals surface area contributed by atoms with E-state index in [4.69, 9.17) is 0 Å². The van der Waals surface area contributed by atoms with Gasteiger partial charge in [-0.2, -0.15) is 0 Å². The largest absolute Gasteiger partial charge is 0.348 e. The molecule has 0 radical (unpaired) electrons. The van der Waals surface area contributed by atoms with Crippen LogP contribution in [0.3, 0.4) is 0 Å². The second-order valence-corrected chi connectivity index (χ2v) is 6.99. The van der Waals surface area contributed by atoms with Crippen molar-refractivity contribution in [1.82, 2.24) is 14.7 Å².